The van der Waals surface area contributed by atoms with Gasteiger partial charge in [0.2, 0.25) is 0 Å². The molecule has 2 saturated heterocycles. The molecule has 3 rings (SSSR count). The van der Waals surface area contributed by atoms with E-state index in [4.69, 9.17) is 18.9 Å². The summed E-state index contributed by atoms with van der Waals surface area (Å²) in [5, 5.41) is 0. The number of methoxy groups -OCH3 is 2. The van der Waals surface area contributed by atoms with E-state index >= 15 is 0 Å². The van der Waals surface area contributed by atoms with Gasteiger partial charge in [-0.3, -0.25) is 0 Å². The van der Waals surface area contributed by atoms with Crippen LogP contribution in [-0.2, 0) is 18.9 Å². The molecular formula is C15H26O4. The SMILES string of the molecule is COC1(OC)OCCCC1CCC1CCC2OC2C1. The second kappa shape index (κ2) is 5.68. The molecule has 0 aromatic rings. The van der Waals surface area contributed by atoms with Crippen LogP contribution in [0.4, 0.5) is 0 Å². The van der Waals surface area contributed by atoms with Gasteiger partial charge < -0.3 is 18.9 Å². The Morgan fingerprint density at radius 1 is 1.05 bits per heavy atom. The Balaban J connectivity index is 1.52. The predicted octanol–water partition coefficient (Wildman–Crippen LogP) is 2.71. The van der Waals surface area contributed by atoms with Crippen molar-refractivity contribution in [1.82, 2.24) is 0 Å². The molecule has 4 unspecified atom stereocenters. The van der Waals surface area contributed by atoms with E-state index in [9.17, 15) is 0 Å². The molecule has 2 heterocycles. The molecule has 3 aliphatic rings. The van der Waals surface area contributed by atoms with E-state index in [1.807, 2.05) is 0 Å². The molecule has 0 amide bonds. The third-order valence-electron chi connectivity index (χ3n) is 5.11. The summed E-state index contributed by atoms with van der Waals surface area (Å²) in [6.07, 6.45) is 9.64. The lowest BCUT2D eigenvalue weighted by molar-refractivity contribution is -0.401. The van der Waals surface area contributed by atoms with Crippen LogP contribution < -0.4 is 0 Å². The molecule has 1 aliphatic carbocycles. The summed E-state index contributed by atoms with van der Waals surface area (Å²) in [6, 6.07) is 0. The first-order valence-corrected chi connectivity index (χ1v) is 7.67. The molecule has 4 atom stereocenters. The highest BCUT2D eigenvalue weighted by Crippen LogP contribution is 2.43. The second-order valence-electron chi connectivity index (χ2n) is 6.17. The fourth-order valence-corrected chi connectivity index (χ4v) is 3.88. The first kappa shape index (κ1) is 13.8. The maximum Gasteiger partial charge on any atom is 0.285 e. The zero-order chi connectivity index (χ0) is 13.3. The van der Waals surface area contributed by atoms with Gasteiger partial charge in [-0.1, -0.05) is 0 Å². The van der Waals surface area contributed by atoms with Gasteiger partial charge in [0.1, 0.15) is 0 Å². The highest BCUT2D eigenvalue weighted by molar-refractivity contribution is 4.92. The smallest absolute Gasteiger partial charge is 0.285 e. The molecular weight excluding hydrogens is 244 g/mol. The lowest BCUT2D eigenvalue weighted by atomic mass is 9.82. The van der Waals surface area contributed by atoms with E-state index in [-0.39, 0.29) is 0 Å². The van der Waals surface area contributed by atoms with Crippen LogP contribution in [0, 0.1) is 11.8 Å². The maximum atomic E-state index is 5.78. The average molecular weight is 270 g/mol. The molecule has 0 N–H and O–H groups in total. The van der Waals surface area contributed by atoms with Crippen molar-refractivity contribution in [3.8, 4) is 0 Å². The zero-order valence-electron chi connectivity index (χ0n) is 12.1. The lowest BCUT2D eigenvalue weighted by Crippen LogP contribution is -2.48. The summed E-state index contributed by atoms with van der Waals surface area (Å²) in [7, 11) is 3.37. The molecule has 4 nitrogen and oxygen atoms in total. The minimum absolute atomic E-state index is 0.356. The van der Waals surface area contributed by atoms with E-state index in [2.05, 4.69) is 0 Å². The van der Waals surface area contributed by atoms with Crippen molar-refractivity contribution < 1.29 is 18.9 Å². The number of rotatable bonds is 5. The average Bonchev–Trinajstić information content (AvgIpc) is 3.24. The third kappa shape index (κ3) is 2.82. The number of ether oxygens (including phenoxy) is 4. The largest absolute Gasteiger partial charge is 0.370 e. The summed E-state index contributed by atoms with van der Waals surface area (Å²) >= 11 is 0. The summed E-state index contributed by atoms with van der Waals surface area (Å²) in [5.74, 6) is 0.372. The van der Waals surface area contributed by atoms with Crippen LogP contribution in [0.25, 0.3) is 0 Å². The van der Waals surface area contributed by atoms with Crippen molar-refractivity contribution in [2.75, 3.05) is 20.8 Å². The molecule has 110 valence electrons. The third-order valence-corrected chi connectivity index (χ3v) is 5.11. The highest BCUT2D eigenvalue weighted by atomic mass is 16.9. The molecule has 0 aromatic carbocycles. The molecule has 0 bridgehead atoms. The van der Waals surface area contributed by atoms with Crippen LogP contribution in [0.1, 0.15) is 44.9 Å². The number of fused-ring (bicyclic) bond motifs is 1. The van der Waals surface area contributed by atoms with Gasteiger partial charge in [-0.05, 0) is 50.9 Å². The molecule has 0 aromatic heterocycles. The van der Waals surface area contributed by atoms with Crippen molar-refractivity contribution >= 4 is 0 Å². The van der Waals surface area contributed by atoms with Gasteiger partial charge in [0.05, 0.1) is 18.8 Å². The first-order valence-electron chi connectivity index (χ1n) is 7.67. The van der Waals surface area contributed by atoms with E-state index in [1.54, 1.807) is 14.2 Å². The van der Waals surface area contributed by atoms with Gasteiger partial charge in [0.15, 0.2) is 0 Å². The quantitative estimate of drug-likeness (QED) is 0.569. The Labute approximate surface area is 115 Å². The van der Waals surface area contributed by atoms with Crippen molar-refractivity contribution in [3.05, 3.63) is 0 Å². The number of hydrogen-bond acceptors (Lipinski definition) is 4. The minimum atomic E-state index is -0.800. The summed E-state index contributed by atoms with van der Waals surface area (Å²) in [5.41, 5.74) is 0. The Morgan fingerprint density at radius 3 is 2.63 bits per heavy atom. The van der Waals surface area contributed by atoms with Crippen LogP contribution in [-0.4, -0.2) is 39.0 Å². The molecule has 0 spiro atoms. The number of hydrogen-bond donors (Lipinski definition) is 0. The molecule has 19 heavy (non-hydrogen) atoms. The van der Waals surface area contributed by atoms with E-state index in [0.717, 1.165) is 31.8 Å². The van der Waals surface area contributed by atoms with Gasteiger partial charge in [-0.2, -0.15) is 0 Å². The van der Waals surface area contributed by atoms with Crippen LogP contribution in [0.3, 0.4) is 0 Å². The van der Waals surface area contributed by atoms with Crippen LogP contribution in [0.2, 0.25) is 0 Å². The van der Waals surface area contributed by atoms with Crippen molar-refractivity contribution in [2.45, 2.75) is 63.1 Å². The highest BCUT2D eigenvalue weighted by Gasteiger charge is 2.46. The molecule has 1 saturated carbocycles. The lowest BCUT2D eigenvalue weighted by Gasteiger charge is -2.41. The number of epoxide rings is 1. The zero-order valence-corrected chi connectivity index (χ0v) is 12.1. The van der Waals surface area contributed by atoms with Crippen molar-refractivity contribution in [2.24, 2.45) is 11.8 Å². The predicted molar refractivity (Wildman–Crippen MR) is 70.7 cm³/mol. The summed E-state index contributed by atoms with van der Waals surface area (Å²) in [4.78, 5) is 0. The van der Waals surface area contributed by atoms with Crippen LogP contribution >= 0.6 is 0 Å². The normalized spacial score (nSPS) is 40.7. The molecule has 4 heteroatoms. The van der Waals surface area contributed by atoms with Gasteiger partial charge in [-0.15, -0.1) is 0 Å². The van der Waals surface area contributed by atoms with Gasteiger partial charge in [-0.25, -0.2) is 0 Å². The maximum absolute atomic E-state index is 5.78. The van der Waals surface area contributed by atoms with Gasteiger partial charge in [0.25, 0.3) is 5.97 Å². The van der Waals surface area contributed by atoms with E-state index in [0.29, 0.717) is 18.1 Å². The second-order valence-corrected chi connectivity index (χ2v) is 6.17. The van der Waals surface area contributed by atoms with Crippen molar-refractivity contribution in [1.29, 1.82) is 0 Å². The van der Waals surface area contributed by atoms with Crippen LogP contribution in [0.15, 0.2) is 0 Å². The Kier molecular flexibility index (Phi) is 4.13. The fraction of sp³-hybridized carbons (Fsp3) is 1.00. The van der Waals surface area contributed by atoms with Gasteiger partial charge in [0, 0.05) is 20.1 Å². The van der Waals surface area contributed by atoms with E-state index in [1.165, 1.54) is 25.7 Å². The summed E-state index contributed by atoms with van der Waals surface area (Å²) < 4.78 is 22.5. The molecule has 3 fully saturated rings. The molecule has 2 aliphatic heterocycles. The van der Waals surface area contributed by atoms with Crippen LogP contribution in [0.5, 0.6) is 0 Å². The van der Waals surface area contributed by atoms with Gasteiger partial charge >= 0.3 is 0 Å². The summed E-state index contributed by atoms with van der Waals surface area (Å²) in [6.45, 7) is 0.735. The minimum Gasteiger partial charge on any atom is -0.370 e. The van der Waals surface area contributed by atoms with Crippen molar-refractivity contribution in [3.63, 3.8) is 0 Å². The fourth-order valence-electron chi connectivity index (χ4n) is 3.88. The standard InChI is InChI=1S/C15H26O4/c1-16-15(17-2)12(4-3-9-18-15)7-5-11-6-8-13-14(10-11)19-13/h11-14H,3-10H2,1-2H3. The molecule has 0 radical (unpaired) electrons. The topological polar surface area (TPSA) is 40.2 Å². The first-order chi connectivity index (χ1) is 9.27. The van der Waals surface area contributed by atoms with E-state index < -0.39 is 5.97 Å². The Bertz CT molecular complexity index is 303. The monoisotopic (exact) mass is 270 g/mol. The Hall–Kier alpha value is -0.160. The Morgan fingerprint density at radius 2 is 1.89 bits per heavy atom.